The lowest BCUT2D eigenvalue weighted by molar-refractivity contribution is 0.0764. The van der Waals surface area contributed by atoms with Crippen molar-refractivity contribution in [1.82, 2.24) is 5.32 Å². The molecular formula is C13H17Cl2F2N. The van der Waals surface area contributed by atoms with Gasteiger partial charge in [-0.1, -0.05) is 23.7 Å². The minimum absolute atomic E-state index is 0. The molecule has 1 aromatic carbocycles. The van der Waals surface area contributed by atoms with E-state index in [-0.39, 0.29) is 18.3 Å². The molecule has 0 spiro atoms. The van der Waals surface area contributed by atoms with Gasteiger partial charge < -0.3 is 5.32 Å². The lowest BCUT2D eigenvalue weighted by atomic mass is 9.81. The Morgan fingerprint density at radius 1 is 1.11 bits per heavy atom. The summed E-state index contributed by atoms with van der Waals surface area (Å²) in [5, 5.41) is 3.79. The Balaban J connectivity index is 0.00000162. The van der Waals surface area contributed by atoms with E-state index in [1.165, 1.54) is 0 Å². The molecule has 0 radical (unpaired) electrons. The van der Waals surface area contributed by atoms with E-state index in [0.29, 0.717) is 10.6 Å². The third kappa shape index (κ3) is 3.81. The van der Waals surface area contributed by atoms with Crippen LogP contribution in [0.2, 0.25) is 5.02 Å². The Morgan fingerprint density at radius 3 is 2.17 bits per heavy atom. The summed E-state index contributed by atoms with van der Waals surface area (Å²) in [6.07, 6.45) is -0.672. The van der Waals surface area contributed by atoms with Crippen molar-refractivity contribution in [2.75, 3.05) is 13.1 Å². The molecule has 1 aromatic rings. The maximum Gasteiger partial charge on any atom is 0.245 e. The minimum atomic E-state index is -2.31. The number of halogens is 4. The first-order valence-corrected chi connectivity index (χ1v) is 6.30. The lowest BCUT2D eigenvalue weighted by Crippen LogP contribution is -2.33. The van der Waals surface area contributed by atoms with Crippen LogP contribution in [0.15, 0.2) is 24.3 Å². The maximum atomic E-state index is 13.2. The molecule has 0 aliphatic carbocycles. The maximum absolute atomic E-state index is 13.2. The van der Waals surface area contributed by atoms with Crippen molar-refractivity contribution in [2.45, 2.75) is 25.2 Å². The Labute approximate surface area is 117 Å². The van der Waals surface area contributed by atoms with Gasteiger partial charge >= 0.3 is 0 Å². The van der Waals surface area contributed by atoms with E-state index in [2.05, 4.69) is 5.32 Å². The average Bonchev–Trinajstić information content (AvgIpc) is 2.33. The number of nitrogens with one attached hydrogen (secondary N) is 1. The second kappa shape index (κ2) is 7.27. The molecule has 1 saturated heterocycles. The number of benzene rings is 1. The van der Waals surface area contributed by atoms with E-state index in [4.69, 9.17) is 11.6 Å². The molecule has 5 heteroatoms. The summed E-state index contributed by atoms with van der Waals surface area (Å²) in [5.41, 5.74) is 0.705. The van der Waals surface area contributed by atoms with Crippen LogP contribution in [-0.4, -0.2) is 19.5 Å². The Morgan fingerprint density at radius 2 is 1.67 bits per heavy atom. The van der Waals surface area contributed by atoms with Gasteiger partial charge in [-0.25, -0.2) is 8.78 Å². The molecule has 1 aliphatic rings. The SMILES string of the molecule is Cl.FC(F)C(c1ccc(Cl)cc1)C1CCNCC1. The van der Waals surface area contributed by atoms with Crippen LogP contribution < -0.4 is 5.32 Å². The number of hydrogen-bond donors (Lipinski definition) is 1. The van der Waals surface area contributed by atoms with Gasteiger partial charge in [0.15, 0.2) is 0 Å². The topological polar surface area (TPSA) is 12.0 Å². The molecule has 1 nitrogen and oxygen atoms in total. The van der Waals surface area contributed by atoms with Gasteiger partial charge in [-0.15, -0.1) is 12.4 Å². The zero-order valence-corrected chi connectivity index (χ0v) is 11.5. The smallest absolute Gasteiger partial charge is 0.245 e. The highest BCUT2D eigenvalue weighted by Gasteiger charge is 2.31. The number of hydrogen-bond acceptors (Lipinski definition) is 1. The summed E-state index contributed by atoms with van der Waals surface area (Å²) in [5.74, 6) is -0.591. The van der Waals surface area contributed by atoms with Crippen molar-refractivity contribution in [3.05, 3.63) is 34.9 Å². The van der Waals surface area contributed by atoms with Gasteiger partial charge in [-0.3, -0.25) is 0 Å². The first-order valence-electron chi connectivity index (χ1n) is 5.93. The number of piperidine rings is 1. The summed E-state index contributed by atoms with van der Waals surface area (Å²) in [6, 6.07) is 6.82. The van der Waals surface area contributed by atoms with Crippen LogP contribution in [-0.2, 0) is 0 Å². The molecule has 1 fully saturated rings. The highest BCUT2D eigenvalue weighted by atomic mass is 35.5. The van der Waals surface area contributed by atoms with Gasteiger partial charge in [0.1, 0.15) is 0 Å². The second-order valence-corrected chi connectivity index (χ2v) is 4.94. The number of rotatable bonds is 3. The molecule has 18 heavy (non-hydrogen) atoms. The molecule has 1 unspecified atom stereocenters. The minimum Gasteiger partial charge on any atom is -0.317 e. The summed E-state index contributed by atoms with van der Waals surface area (Å²) < 4.78 is 26.4. The van der Waals surface area contributed by atoms with Crippen molar-refractivity contribution < 1.29 is 8.78 Å². The first-order chi connectivity index (χ1) is 8.18. The molecule has 0 bridgehead atoms. The zero-order valence-electron chi connectivity index (χ0n) is 9.91. The lowest BCUT2D eigenvalue weighted by Gasteiger charge is -2.30. The van der Waals surface area contributed by atoms with Crippen molar-refractivity contribution in [3.63, 3.8) is 0 Å². The fourth-order valence-electron chi connectivity index (χ4n) is 2.51. The van der Waals surface area contributed by atoms with Crippen LogP contribution in [0.4, 0.5) is 8.78 Å². The fourth-order valence-corrected chi connectivity index (χ4v) is 2.64. The third-order valence-electron chi connectivity index (χ3n) is 3.42. The van der Waals surface area contributed by atoms with Crippen LogP contribution in [0.5, 0.6) is 0 Å². The second-order valence-electron chi connectivity index (χ2n) is 4.50. The molecule has 0 saturated carbocycles. The Hall–Kier alpha value is -0.380. The molecule has 1 heterocycles. The van der Waals surface area contributed by atoms with Gasteiger partial charge in [0.2, 0.25) is 6.43 Å². The zero-order chi connectivity index (χ0) is 12.3. The van der Waals surface area contributed by atoms with E-state index in [9.17, 15) is 8.78 Å². The van der Waals surface area contributed by atoms with E-state index in [1.54, 1.807) is 24.3 Å². The summed E-state index contributed by atoms with van der Waals surface area (Å²) in [6.45, 7) is 1.67. The van der Waals surface area contributed by atoms with Crippen molar-refractivity contribution in [2.24, 2.45) is 5.92 Å². The summed E-state index contributed by atoms with van der Waals surface area (Å²) >= 11 is 5.78. The fraction of sp³-hybridized carbons (Fsp3) is 0.538. The average molecular weight is 296 g/mol. The quantitative estimate of drug-likeness (QED) is 0.885. The molecule has 0 amide bonds. The molecule has 0 aromatic heterocycles. The van der Waals surface area contributed by atoms with Gasteiger partial charge in [0, 0.05) is 10.9 Å². The summed E-state index contributed by atoms with van der Waals surface area (Å²) in [4.78, 5) is 0. The monoisotopic (exact) mass is 295 g/mol. The van der Waals surface area contributed by atoms with Crippen molar-refractivity contribution in [1.29, 1.82) is 0 Å². The van der Waals surface area contributed by atoms with Crippen LogP contribution in [0.3, 0.4) is 0 Å². The van der Waals surface area contributed by atoms with Gasteiger partial charge in [-0.2, -0.15) is 0 Å². The van der Waals surface area contributed by atoms with Gasteiger partial charge in [-0.05, 0) is 49.5 Å². The van der Waals surface area contributed by atoms with E-state index < -0.39 is 12.3 Å². The van der Waals surface area contributed by atoms with E-state index in [1.807, 2.05) is 0 Å². The molecule has 1 N–H and O–H groups in total. The van der Waals surface area contributed by atoms with Crippen molar-refractivity contribution >= 4 is 24.0 Å². The molecule has 2 rings (SSSR count). The van der Waals surface area contributed by atoms with Crippen molar-refractivity contribution in [3.8, 4) is 0 Å². The van der Waals surface area contributed by atoms with Crippen LogP contribution in [0.25, 0.3) is 0 Å². The highest BCUT2D eigenvalue weighted by molar-refractivity contribution is 6.30. The van der Waals surface area contributed by atoms with Crippen LogP contribution in [0, 0.1) is 5.92 Å². The van der Waals surface area contributed by atoms with Gasteiger partial charge in [0.05, 0.1) is 0 Å². The number of alkyl halides is 2. The predicted molar refractivity (Wildman–Crippen MR) is 73.0 cm³/mol. The molecule has 102 valence electrons. The Kier molecular flexibility index (Phi) is 6.33. The predicted octanol–water partition coefficient (Wildman–Crippen LogP) is 4.11. The normalized spacial score (nSPS) is 18.4. The van der Waals surface area contributed by atoms with Crippen LogP contribution in [0.1, 0.15) is 24.3 Å². The Bertz CT molecular complexity index is 351. The van der Waals surface area contributed by atoms with Gasteiger partial charge in [0.25, 0.3) is 0 Å². The summed E-state index contributed by atoms with van der Waals surface area (Å²) in [7, 11) is 0. The molecule has 1 aliphatic heterocycles. The first kappa shape index (κ1) is 15.7. The standard InChI is InChI=1S/C13H16ClF2N.ClH/c14-11-3-1-9(2-4-11)12(13(15)16)10-5-7-17-8-6-10;/h1-4,10,12-13,17H,5-8H2;1H. The van der Waals surface area contributed by atoms with Crippen LogP contribution >= 0.6 is 24.0 Å². The van der Waals surface area contributed by atoms with E-state index >= 15 is 0 Å². The largest absolute Gasteiger partial charge is 0.317 e. The third-order valence-corrected chi connectivity index (χ3v) is 3.67. The molecule has 1 atom stereocenters. The van der Waals surface area contributed by atoms with E-state index in [0.717, 1.165) is 25.9 Å². The molecular weight excluding hydrogens is 279 g/mol. The highest BCUT2D eigenvalue weighted by Crippen LogP contribution is 2.36.